The second kappa shape index (κ2) is 5.31. The SMILES string of the molecule is CCCn1cc(CN2CC(CC(=O)O)C2)cn1. The van der Waals surface area contributed by atoms with Crippen LogP contribution in [0.3, 0.4) is 0 Å². The van der Waals surface area contributed by atoms with Crippen LogP contribution >= 0.6 is 0 Å². The van der Waals surface area contributed by atoms with E-state index in [1.54, 1.807) is 0 Å². The van der Waals surface area contributed by atoms with Gasteiger partial charge < -0.3 is 5.11 Å². The summed E-state index contributed by atoms with van der Waals surface area (Å²) >= 11 is 0. The fraction of sp³-hybridized carbons (Fsp3) is 0.667. The number of rotatable bonds is 6. The lowest BCUT2D eigenvalue weighted by atomic mass is 9.96. The highest BCUT2D eigenvalue weighted by molar-refractivity contribution is 5.67. The Morgan fingerprint density at radius 1 is 1.59 bits per heavy atom. The van der Waals surface area contributed by atoms with E-state index in [0.29, 0.717) is 12.3 Å². The lowest BCUT2D eigenvalue weighted by molar-refractivity contribution is -0.139. The van der Waals surface area contributed by atoms with Crippen molar-refractivity contribution < 1.29 is 9.90 Å². The zero-order chi connectivity index (χ0) is 12.3. The van der Waals surface area contributed by atoms with Gasteiger partial charge in [0.1, 0.15) is 0 Å². The van der Waals surface area contributed by atoms with E-state index in [-0.39, 0.29) is 0 Å². The summed E-state index contributed by atoms with van der Waals surface area (Å²) in [6.07, 6.45) is 5.37. The van der Waals surface area contributed by atoms with Crippen LogP contribution in [-0.4, -0.2) is 38.8 Å². The van der Waals surface area contributed by atoms with Crippen molar-refractivity contribution in [3.05, 3.63) is 18.0 Å². The van der Waals surface area contributed by atoms with Crippen molar-refractivity contribution in [1.29, 1.82) is 0 Å². The maximum absolute atomic E-state index is 10.5. The Morgan fingerprint density at radius 2 is 2.35 bits per heavy atom. The van der Waals surface area contributed by atoms with Crippen molar-refractivity contribution in [2.45, 2.75) is 32.9 Å². The van der Waals surface area contributed by atoms with Gasteiger partial charge in [0.15, 0.2) is 0 Å². The summed E-state index contributed by atoms with van der Waals surface area (Å²) < 4.78 is 1.96. The lowest BCUT2D eigenvalue weighted by Gasteiger charge is -2.38. The first-order chi connectivity index (χ1) is 8.17. The Bertz CT molecular complexity index is 383. The molecule has 0 unspecified atom stereocenters. The fourth-order valence-electron chi connectivity index (χ4n) is 2.28. The Balaban J connectivity index is 1.73. The summed E-state index contributed by atoms with van der Waals surface area (Å²) in [6.45, 7) is 5.77. The van der Waals surface area contributed by atoms with Gasteiger partial charge in [-0.05, 0) is 12.3 Å². The zero-order valence-corrected chi connectivity index (χ0v) is 10.2. The van der Waals surface area contributed by atoms with Crippen LogP contribution in [0.2, 0.25) is 0 Å². The minimum atomic E-state index is -0.689. The molecule has 0 bridgehead atoms. The summed E-state index contributed by atoms with van der Waals surface area (Å²) in [6, 6.07) is 0. The van der Waals surface area contributed by atoms with E-state index in [2.05, 4.69) is 23.1 Å². The van der Waals surface area contributed by atoms with Crippen LogP contribution in [0.15, 0.2) is 12.4 Å². The summed E-state index contributed by atoms with van der Waals surface area (Å²) in [5.74, 6) is -0.358. The third-order valence-electron chi connectivity index (χ3n) is 3.04. The van der Waals surface area contributed by atoms with Crippen LogP contribution in [0.25, 0.3) is 0 Å². The van der Waals surface area contributed by atoms with Crippen LogP contribution in [0.5, 0.6) is 0 Å². The molecule has 0 amide bonds. The predicted molar refractivity (Wildman–Crippen MR) is 63.5 cm³/mol. The van der Waals surface area contributed by atoms with Crippen molar-refractivity contribution in [3.63, 3.8) is 0 Å². The third-order valence-corrected chi connectivity index (χ3v) is 3.04. The van der Waals surface area contributed by atoms with Gasteiger partial charge in [0.25, 0.3) is 0 Å². The van der Waals surface area contributed by atoms with Crippen molar-refractivity contribution in [2.75, 3.05) is 13.1 Å². The molecule has 0 aromatic carbocycles. The summed E-state index contributed by atoms with van der Waals surface area (Å²) in [5.41, 5.74) is 1.22. The standard InChI is InChI=1S/C12H19N3O2/c1-2-3-15-9-11(5-13-15)8-14-6-10(7-14)4-12(16)17/h5,9-10H,2-4,6-8H2,1H3,(H,16,17). The lowest BCUT2D eigenvalue weighted by Crippen LogP contribution is -2.46. The highest BCUT2D eigenvalue weighted by Gasteiger charge is 2.28. The molecule has 1 N–H and O–H groups in total. The molecule has 0 aliphatic carbocycles. The molecule has 17 heavy (non-hydrogen) atoms. The molecule has 0 radical (unpaired) electrons. The molecular weight excluding hydrogens is 218 g/mol. The molecule has 1 saturated heterocycles. The molecule has 5 nitrogen and oxygen atoms in total. The zero-order valence-electron chi connectivity index (χ0n) is 10.2. The van der Waals surface area contributed by atoms with Gasteiger partial charge >= 0.3 is 5.97 Å². The van der Waals surface area contributed by atoms with E-state index < -0.39 is 5.97 Å². The molecule has 1 aliphatic rings. The molecule has 1 fully saturated rings. The molecule has 0 saturated carbocycles. The first-order valence-corrected chi connectivity index (χ1v) is 6.13. The summed E-state index contributed by atoms with van der Waals surface area (Å²) in [5, 5.41) is 12.9. The second-order valence-electron chi connectivity index (χ2n) is 4.77. The van der Waals surface area contributed by atoms with Gasteiger partial charge in [-0.3, -0.25) is 14.4 Å². The molecular formula is C12H19N3O2. The van der Waals surface area contributed by atoms with Crippen LogP contribution < -0.4 is 0 Å². The van der Waals surface area contributed by atoms with Gasteiger partial charge in [0.05, 0.1) is 12.6 Å². The fourth-order valence-corrected chi connectivity index (χ4v) is 2.28. The minimum Gasteiger partial charge on any atom is -0.481 e. The molecule has 1 aromatic rings. The van der Waals surface area contributed by atoms with E-state index in [9.17, 15) is 4.79 Å². The normalized spacial score (nSPS) is 17.0. The Hall–Kier alpha value is -1.36. The first kappa shape index (κ1) is 12.1. The maximum atomic E-state index is 10.5. The van der Waals surface area contributed by atoms with E-state index in [1.807, 2.05) is 10.9 Å². The van der Waals surface area contributed by atoms with E-state index in [1.165, 1.54) is 5.56 Å². The summed E-state index contributed by atoms with van der Waals surface area (Å²) in [4.78, 5) is 12.8. The number of hydrogen-bond acceptors (Lipinski definition) is 3. The molecule has 2 rings (SSSR count). The van der Waals surface area contributed by atoms with Crippen molar-refractivity contribution in [2.24, 2.45) is 5.92 Å². The van der Waals surface area contributed by atoms with Crippen LogP contribution in [-0.2, 0) is 17.9 Å². The highest BCUT2D eigenvalue weighted by Crippen LogP contribution is 2.21. The largest absolute Gasteiger partial charge is 0.481 e. The summed E-state index contributed by atoms with van der Waals surface area (Å²) in [7, 11) is 0. The van der Waals surface area contributed by atoms with Gasteiger partial charge in [-0.1, -0.05) is 6.92 Å². The first-order valence-electron chi connectivity index (χ1n) is 6.13. The Labute approximate surface area is 101 Å². The predicted octanol–water partition coefficient (Wildman–Crippen LogP) is 1.20. The molecule has 94 valence electrons. The third kappa shape index (κ3) is 3.30. The van der Waals surface area contributed by atoms with Gasteiger partial charge in [-0.15, -0.1) is 0 Å². The van der Waals surface area contributed by atoms with Gasteiger partial charge in [0, 0.05) is 37.9 Å². The maximum Gasteiger partial charge on any atom is 0.303 e. The number of nitrogens with zero attached hydrogens (tertiary/aromatic N) is 3. The minimum absolute atomic E-state index is 0.297. The highest BCUT2D eigenvalue weighted by atomic mass is 16.4. The molecule has 1 aliphatic heterocycles. The van der Waals surface area contributed by atoms with Crippen LogP contribution in [0, 0.1) is 5.92 Å². The Kier molecular flexibility index (Phi) is 3.78. The number of carboxylic acid groups (broad SMARTS) is 1. The molecule has 0 atom stereocenters. The van der Waals surface area contributed by atoms with Crippen LogP contribution in [0.4, 0.5) is 0 Å². The van der Waals surface area contributed by atoms with Crippen LogP contribution in [0.1, 0.15) is 25.3 Å². The number of likely N-dealkylation sites (tertiary alicyclic amines) is 1. The average Bonchev–Trinajstić information content (AvgIpc) is 2.62. The number of aryl methyl sites for hydroxylation is 1. The number of aliphatic carboxylic acids is 1. The number of carbonyl (C=O) groups is 1. The Morgan fingerprint density at radius 3 is 3.00 bits per heavy atom. The quantitative estimate of drug-likeness (QED) is 0.807. The number of carboxylic acids is 1. The van der Waals surface area contributed by atoms with Gasteiger partial charge in [0.2, 0.25) is 0 Å². The molecule has 5 heteroatoms. The number of aromatic nitrogens is 2. The topological polar surface area (TPSA) is 58.4 Å². The van der Waals surface area contributed by atoms with Gasteiger partial charge in [-0.2, -0.15) is 5.10 Å². The van der Waals surface area contributed by atoms with E-state index >= 15 is 0 Å². The number of hydrogen-bond donors (Lipinski definition) is 1. The average molecular weight is 237 g/mol. The molecule has 2 heterocycles. The van der Waals surface area contributed by atoms with Crippen molar-refractivity contribution in [3.8, 4) is 0 Å². The van der Waals surface area contributed by atoms with Gasteiger partial charge in [-0.25, -0.2) is 0 Å². The van der Waals surface area contributed by atoms with Crippen molar-refractivity contribution in [1.82, 2.24) is 14.7 Å². The monoisotopic (exact) mass is 237 g/mol. The van der Waals surface area contributed by atoms with E-state index in [4.69, 9.17) is 5.11 Å². The molecule has 1 aromatic heterocycles. The van der Waals surface area contributed by atoms with Crippen molar-refractivity contribution >= 4 is 5.97 Å². The molecule has 0 spiro atoms. The smallest absolute Gasteiger partial charge is 0.303 e. The van der Waals surface area contributed by atoms with E-state index in [0.717, 1.165) is 32.6 Å². The second-order valence-corrected chi connectivity index (χ2v) is 4.77.